The molecule has 24 heavy (non-hydrogen) atoms. The third-order valence-electron chi connectivity index (χ3n) is 4.67. The minimum absolute atomic E-state index is 0.359. The first-order valence-electron chi connectivity index (χ1n) is 8.78. The van der Waals surface area contributed by atoms with Gasteiger partial charge >= 0.3 is 0 Å². The van der Waals surface area contributed by atoms with Crippen LogP contribution in [0.5, 0.6) is 0 Å². The lowest BCUT2D eigenvalue weighted by Crippen LogP contribution is -2.35. The number of nitrogens with zero attached hydrogens (tertiary/aromatic N) is 5. The number of rotatable bonds is 8. The van der Waals surface area contributed by atoms with Crippen molar-refractivity contribution in [1.29, 1.82) is 0 Å². The van der Waals surface area contributed by atoms with Crippen LogP contribution in [0.1, 0.15) is 42.7 Å². The maximum Gasteiger partial charge on any atom is 0.231 e. The Morgan fingerprint density at radius 2 is 2.29 bits per heavy atom. The van der Waals surface area contributed by atoms with E-state index in [2.05, 4.69) is 24.6 Å². The summed E-state index contributed by atoms with van der Waals surface area (Å²) in [6, 6.07) is 0. The highest BCUT2D eigenvalue weighted by Crippen LogP contribution is 2.25. The summed E-state index contributed by atoms with van der Waals surface area (Å²) < 4.78 is 12.7. The van der Waals surface area contributed by atoms with E-state index in [1.807, 2.05) is 19.3 Å². The summed E-state index contributed by atoms with van der Waals surface area (Å²) in [4.78, 5) is 11.3. The maximum absolute atomic E-state index is 5.47. The van der Waals surface area contributed by atoms with E-state index in [1.54, 1.807) is 7.11 Å². The molecule has 2 aromatic heterocycles. The van der Waals surface area contributed by atoms with Crippen molar-refractivity contribution in [3.8, 4) is 0 Å². The van der Waals surface area contributed by atoms with E-state index >= 15 is 0 Å². The Morgan fingerprint density at radius 1 is 1.38 bits per heavy atom. The number of hydrogen-bond acceptors (Lipinski definition) is 6. The standard InChI is InChI=1S/C17H27N5O2/c1-14-18-7-11-22(14)10-4-9-21-8-3-5-15(13-21)17-19-16(20-24-17)6-12-23-2/h7,11,15H,3-6,8-10,12-13H2,1-2H3/t15-/m0/s1. The molecule has 1 aliphatic heterocycles. The molecule has 0 radical (unpaired) electrons. The number of aryl methyl sites for hydroxylation is 2. The quantitative estimate of drug-likeness (QED) is 0.736. The van der Waals surface area contributed by atoms with Gasteiger partial charge in [0, 0.05) is 39.0 Å². The average Bonchev–Trinajstić information content (AvgIpc) is 3.23. The summed E-state index contributed by atoms with van der Waals surface area (Å²) in [7, 11) is 1.69. The van der Waals surface area contributed by atoms with E-state index in [-0.39, 0.29) is 0 Å². The van der Waals surface area contributed by atoms with E-state index in [9.17, 15) is 0 Å². The molecule has 7 nitrogen and oxygen atoms in total. The van der Waals surface area contributed by atoms with Crippen molar-refractivity contribution in [3.05, 3.63) is 29.9 Å². The van der Waals surface area contributed by atoms with Gasteiger partial charge in [0.2, 0.25) is 5.89 Å². The van der Waals surface area contributed by atoms with Gasteiger partial charge < -0.3 is 18.7 Å². The zero-order valence-corrected chi connectivity index (χ0v) is 14.6. The normalized spacial score (nSPS) is 19.0. The third-order valence-corrected chi connectivity index (χ3v) is 4.67. The highest BCUT2D eigenvalue weighted by molar-refractivity contribution is 4.97. The molecule has 0 saturated carbocycles. The first-order chi connectivity index (χ1) is 11.8. The molecule has 7 heteroatoms. The van der Waals surface area contributed by atoms with Gasteiger partial charge in [0.1, 0.15) is 5.82 Å². The molecule has 1 aliphatic rings. The zero-order chi connectivity index (χ0) is 16.8. The third kappa shape index (κ3) is 4.42. The Balaban J connectivity index is 1.47. The number of aromatic nitrogens is 4. The van der Waals surface area contributed by atoms with Crippen molar-refractivity contribution in [2.75, 3.05) is 33.4 Å². The van der Waals surface area contributed by atoms with Crippen LogP contribution in [0, 0.1) is 6.92 Å². The van der Waals surface area contributed by atoms with Gasteiger partial charge in [0.05, 0.1) is 12.5 Å². The van der Waals surface area contributed by atoms with Gasteiger partial charge in [0.15, 0.2) is 5.82 Å². The van der Waals surface area contributed by atoms with Crippen LogP contribution in [0.3, 0.4) is 0 Å². The predicted molar refractivity (Wildman–Crippen MR) is 89.9 cm³/mol. The van der Waals surface area contributed by atoms with Crippen molar-refractivity contribution in [2.45, 2.75) is 45.1 Å². The Bertz CT molecular complexity index is 624. The van der Waals surface area contributed by atoms with Crippen LogP contribution < -0.4 is 0 Å². The molecule has 1 fully saturated rings. The Morgan fingerprint density at radius 3 is 3.08 bits per heavy atom. The van der Waals surface area contributed by atoms with Crippen molar-refractivity contribution in [2.24, 2.45) is 0 Å². The fourth-order valence-corrected chi connectivity index (χ4v) is 3.29. The number of piperidine rings is 1. The Labute approximate surface area is 143 Å². The molecule has 2 aromatic rings. The molecule has 3 heterocycles. The molecule has 3 rings (SSSR count). The molecule has 0 aliphatic carbocycles. The molecule has 0 N–H and O–H groups in total. The van der Waals surface area contributed by atoms with Crippen LogP contribution >= 0.6 is 0 Å². The van der Waals surface area contributed by atoms with E-state index in [1.165, 1.54) is 6.42 Å². The van der Waals surface area contributed by atoms with Crippen LogP contribution in [0.25, 0.3) is 0 Å². The van der Waals surface area contributed by atoms with Crippen molar-refractivity contribution in [3.63, 3.8) is 0 Å². The summed E-state index contributed by atoms with van der Waals surface area (Å²) in [6.45, 7) is 6.96. The van der Waals surface area contributed by atoms with Gasteiger partial charge in [-0.3, -0.25) is 0 Å². The second kappa shape index (κ2) is 8.39. The smallest absolute Gasteiger partial charge is 0.231 e. The molecule has 0 aromatic carbocycles. The highest BCUT2D eigenvalue weighted by Gasteiger charge is 2.25. The predicted octanol–water partition coefficient (Wildman–Crippen LogP) is 2.03. The minimum atomic E-state index is 0.359. The van der Waals surface area contributed by atoms with Crippen molar-refractivity contribution in [1.82, 2.24) is 24.6 Å². The Kier molecular flexibility index (Phi) is 5.98. The molecular weight excluding hydrogens is 306 g/mol. The molecule has 0 spiro atoms. The molecule has 0 bridgehead atoms. The van der Waals surface area contributed by atoms with Crippen LogP contribution in [0.15, 0.2) is 16.9 Å². The van der Waals surface area contributed by atoms with Crippen LogP contribution in [-0.2, 0) is 17.7 Å². The molecule has 1 saturated heterocycles. The van der Waals surface area contributed by atoms with Crippen molar-refractivity contribution < 1.29 is 9.26 Å². The average molecular weight is 333 g/mol. The minimum Gasteiger partial charge on any atom is -0.384 e. The summed E-state index contributed by atoms with van der Waals surface area (Å²) >= 11 is 0. The van der Waals surface area contributed by atoms with Gasteiger partial charge in [-0.25, -0.2) is 4.98 Å². The maximum atomic E-state index is 5.47. The lowest BCUT2D eigenvalue weighted by atomic mass is 9.98. The molecule has 0 amide bonds. The van der Waals surface area contributed by atoms with Gasteiger partial charge in [-0.2, -0.15) is 4.98 Å². The van der Waals surface area contributed by atoms with Gasteiger partial charge in [-0.05, 0) is 39.3 Å². The van der Waals surface area contributed by atoms with Crippen LogP contribution in [0.4, 0.5) is 0 Å². The summed E-state index contributed by atoms with van der Waals surface area (Å²) in [5, 5.41) is 4.06. The van der Waals surface area contributed by atoms with E-state index in [4.69, 9.17) is 9.26 Å². The SMILES string of the molecule is COCCc1noc([C@H]2CCCN(CCCn3ccnc3C)C2)n1. The molecular formula is C17H27N5O2. The van der Waals surface area contributed by atoms with E-state index < -0.39 is 0 Å². The van der Waals surface area contributed by atoms with Gasteiger partial charge in [-0.1, -0.05) is 5.16 Å². The zero-order valence-electron chi connectivity index (χ0n) is 14.6. The fourth-order valence-electron chi connectivity index (χ4n) is 3.29. The topological polar surface area (TPSA) is 69.2 Å². The van der Waals surface area contributed by atoms with E-state index in [0.717, 1.165) is 56.6 Å². The number of methoxy groups -OCH3 is 1. The van der Waals surface area contributed by atoms with Crippen LogP contribution in [0.2, 0.25) is 0 Å². The Hall–Kier alpha value is -1.73. The second-order valence-electron chi connectivity index (χ2n) is 6.45. The number of ether oxygens (including phenoxy) is 1. The van der Waals surface area contributed by atoms with Crippen molar-refractivity contribution >= 4 is 0 Å². The highest BCUT2D eigenvalue weighted by atomic mass is 16.5. The van der Waals surface area contributed by atoms with Gasteiger partial charge in [-0.15, -0.1) is 0 Å². The van der Waals surface area contributed by atoms with Crippen LogP contribution in [-0.4, -0.2) is 57.9 Å². The number of imidazole rings is 1. The van der Waals surface area contributed by atoms with Gasteiger partial charge in [0.25, 0.3) is 0 Å². The monoisotopic (exact) mass is 333 g/mol. The number of hydrogen-bond donors (Lipinski definition) is 0. The van der Waals surface area contributed by atoms with E-state index in [0.29, 0.717) is 18.9 Å². The first-order valence-corrected chi connectivity index (χ1v) is 8.78. The molecule has 132 valence electrons. The summed E-state index contributed by atoms with van der Waals surface area (Å²) in [5.41, 5.74) is 0. The number of likely N-dealkylation sites (tertiary alicyclic amines) is 1. The summed E-state index contributed by atoms with van der Waals surface area (Å²) in [6.07, 6.45) is 8.07. The lowest BCUT2D eigenvalue weighted by molar-refractivity contribution is 0.182. The molecule has 1 atom stereocenters. The fraction of sp³-hybridized carbons (Fsp3) is 0.706. The first kappa shape index (κ1) is 17.1. The lowest BCUT2D eigenvalue weighted by Gasteiger charge is -2.30. The summed E-state index contributed by atoms with van der Waals surface area (Å²) in [5.74, 6) is 2.98. The molecule has 0 unspecified atom stereocenters. The largest absolute Gasteiger partial charge is 0.384 e. The second-order valence-corrected chi connectivity index (χ2v) is 6.45.